The fourth-order valence-electron chi connectivity index (χ4n) is 7.42. The molecular formula is C32H32N2O7. The molecule has 9 heteroatoms. The lowest BCUT2D eigenvalue weighted by molar-refractivity contribution is -0.139. The van der Waals surface area contributed by atoms with Gasteiger partial charge in [0.05, 0.1) is 43.1 Å². The molecule has 2 aromatic rings. The van der Waals surface area contributed by atoms with Gasteiger partial charge in [-0.15, -0.1) is 0 Å². The molecule has 1 N–H and O–H groups in total. The van der Waals surface area contributed by atoms with E-state index in [1.54, 1.807) is 36.4 Å². The van der Waals surface area contributed by atoms with Gasteiger partial charge in [0.15, 0.2) is 11.5 Å². The fraction of sp³-hybridized carbons (Fsp3) is 0.375. The number of likely N-dealkylation sites (tertiary alicyclic amines) is 1. The van der Waals surface area contributed by atoms with Crippen molar-refractivity contribution in [3.05, 3.63) is 65.8 Å². The normalized spacial score (nSPS) is 30.8. The number of rotatable bonds is 5. The first-order chi connectivity index (χ1) is 19.6. The summed E-state index contributed by atoms with van der Waals surface area (Å²) in [7, 11) is 4.40. The zero-order valence-electron chi connectivity index (χ0n) is 23.4. The highest BCUT2D eigenvalue weighted by Crippen LogP contribution is 2.61. The van der Waals surface area contributed by atoms with Crippen LogP contribution in [0.2, 0.25) is 0 Å². The van der Waals surface area contributed by atoms with Crippen LogP contribution < -0.4 is 14.4 Å². The van der Waals surface area contributed by atoms with E-state index in [1.165, 1.54) is 31.1 Å². The first-order valence-electron chi connectivity index (χ1n) is 13.7. The van der Waals surface area contributed by atoms with E-state index in [0.717, 1.165) is 5.57 Å². The lowest BCUT2D eigenvalue weighted by Gasteiger charge is -2.47. The van der Waals surface area contributed by atoms with Gasteiger partial charge in [-0.1, -0.05) is 42.0 Å². The van der Waals surface area contributed by atoms with E-state index in [4.69, 9.17) is 9.47 Å². The van der Waals surface area contributed by atoms with E-state index in [-0.39, 0.29) is 46.8 Å². The minimum absolute atomic E-state index is 0.124. The maximum atomic E-state index is 14.3. The predicted molar refractivity (Wildman–Crippen MR) is 150 cm³/mol. The van der Waals surface area contributed by atoms with Crippen molar-refractivity contribution in [2.45, 2.75) is 19.8 Å². The number of carbonyl (C=O) groups is 4. The van der Waals surface area contributed by atoms with Gasteiger partial charge in [-0.3, -0.25) is 24.1 Å². The summed E-state index contributed by atoms with van der Waals surface area (Å²) in [5, 5.41) is 10.4. The van der Waals surface area contributed by atoms with Crippen molar-refractivity contribution >= 4 is 35.4 Å². The van der Waals surface area contributed by atoms with Gasteiger partial charge < -0.3 is 14.6 Å². The number of hydrogen-bond acceptors (Lipinski definition) is 7. The third-order valence-electron chi connectivity index (χ3n) is 9.56. The fourth-order valence-corrected chi connectivity index (χ4v) is 7.42. The van der Waals surface area contributed by atoms with Crippen LogP contribution in [0.4, 0.5) is 5.69 Å². The van der Waals surface area contributed by atoms with E-state index >= 15 is 0 Å². The van der Waals surface area contributed by atoms with Crippen LogP contribution in [0.15, 0.2) is 60.2 Å². The Morgan fingerprint density at radius 1 is 0.951 bits per heavy atom. The Morgan fingerprint density at radius 2 is 1.61 bits per heavy atom. The molecule has 1 saturated carbocycles. The molecule has 9 nitrogen and oxygen atoms in total. The lowest BCUT2D eigenvalue weighted by Crippen LogP contribution is -2.49. The van der Waals surface area contributed by atoms with E-state index in [9.17, 15) is 24.3 Å². The number of benzene rings is 2. The molecule has 2 saturated heterocycles. The topological polar surface area (TPSA) is 113 Å². The first kappa shape index (κ1) is 26.8. The number of allylic oxidation sites excluding steroid dienone is 3. The third kappa shape index (κ3) is 3.74. The highest BCUT2D eigenvalue weighted by atomic mass is 16.5. The number of anilines is 1. The molecule has 0 spiro atoms. The second-order valence-electron chi connectivity index (χ2n) is 11.4. The third-order valence-corrected chi connectivity index (χ3v) is 9.56. The average Bonchev–Trinajstić information content (AvgIpc) is 3.32. The van der Waals surface area contributed by atoms with Crippen molar-refractivity contribution < 1.29 is 33.8 Å². The van der Waals surface area contributed by atoms with Crippen LogP contribution in [-0.4, -0.2) is 54.9 Å². The van der Waals surface area contributed by atoms with Crippen molar-refractivity contribution in [1.29, 1.82) is 0 Å². The van der Waals surface area contributed by atoms with Crippen LogP contribution in [-0.2, 0) is 19.2 Å². The van der Waals surface area contributed by atoms with Gasteiger partial charge in [-0.05, 0) is 55.5 Å². The van der Waals surface area contributed by atoms with E-state index < -0.39 is 29.1 Å². The molecule has 212 valence electrons. The van der Waals surface area contributed by atoms with Crippen LogP contribution in [0.5, 0.6) is 17.2 Å². The number of hydrogen-bond donors (Lipinski definition) is 1. The molecule has 41 heavy (non-hydrogen) atoms. The van der Waals surface area contributed by atoms with Crippen LogP contribution in [0.1, 0.15) is 25.3 Å². The molecule has 4 amide bonds. The highest BCUT2D eigenvalue weighted by molar-refractivity contribution is 6.24. The Balaban J connectivity index is 1.49. The maximum absolute atomic E-state index is 14.3. The number of ether oxygens (including phenoxy) is 2. The van der Waals surface area contributed by atoms with Crippen molar-refractivity contribution in [2.24, 2.45) is 35.0 Å². The molecule has 2 aliphatic heterocycles. The predicted octanol–water partition coefficient (Wildman–Crippen LogP) is 3.82. The second-order valence-corrected chi connectivity index (χ2v) is 11.4. The number of nitrogens with zero attached hydrogens (tertiary/aromatic N) is 2. The van der Waals surface area contributed by atoms with E-state index in [0.29, 0.717) is 24.1 Å². The van der Waals surface area contributed by atoms with Crippen molar-refractivity contribution in [2.75, 3.05) is 26.2 Å². The zero-order chi connectivity index (χ0) is 29.2. The van der Waals surface area contributed by atoms with Gasteiger partial charge in [-0.2, -0.15) is 0 Å². The summed E-state index contributed by atoms with van der Waals surface area (Å²) < 4.78 is 10.6. The summed E-state index contributed by atoms with van der Waals surface area (Å²) in [6.07, 6.45) is 6.45. The first-order valence-corrected chi connectivity index (χ1v) is 13.7. The monoisotopic (exact) mass is 556 g/mol. The Hall–Kier alpha value is -4.40. The van der Waals surface area contributed by atoms with Gasteiger partial charge in [-0.25, -0.2) is 4.90 Å². The van der Waals surface area contributed by atoms with Gasteiger partial charge in [0, 0.05) is 13.0 Å². The number of phenols is 1. The zero-order valence-corrected chi connectivity index (χ0v) is 23.4. The van der Waals surface area contributed by atoms with Crippen LogP contribution in [0.25, 0.3) is 6.08 Å². The number of imide groups is 2. The molecule has 0 bridgehead atoms. The Labute approximate surface area is 238 Å². The summed E-state index contributed by atoms with van der Waals surface area (Å²) in [4.78, 5) is 56.9. The van der Waals surface area contributed by atoms with Crippen molar-refractivity contribution in [1.82, 2.24) is 4.90 Å². The van der Waals surface area contributed by atoms with E-state index in [1.807, 2.05) is 31.2 Å². The number of amides is 4. The van der Waals surface area contributed by atoms with Crippen molar-refractivity contribution in [3.8, 4) is 17.2 Å². The minimum atomic E-state index is -1.11. The van der Waals surface area contributed by atoms with Crippen LogP contribution in [0.3, 0.4) is 0 Å². The standard InChI is InChI=1S/C32H32N2O7/c1-32-22(13-10-17-14-24(40-3)27(35)25(15-17)41-4)19-11-12-20-26(30(38)33(2)28(20)36)21(19)16-23(32)29(37)34(31(32)39)18-8-6-5-7-9-18/h5-11,13-15,20-23,26,35H,12,16H2,1-4H3/t20-,21+,22-,23-,26-,32-/m0/s1. The minimum Gasteiger partial charge on any atom is -0.502 e. The van der Waals surface area contributed by atoms with Gasteiger partial charge in [0.2, 0.25) is 29.4 Å². The Kier molecular flexibility index (Phi) is 6.28. The molecule has 6 atom stereocenters. The summed E-state index contributed by atoms with van der Waals surface area (Å²) in [5.74, 6) is -3.23. The summed E-state index contributed by atoms with van der Waals surface area (Å²) in [5.41, 5.74) is 0.972. The summed E-state index contributed by atoms with van der Waals surface area (Å²) in [6, 6.07) is 12.2. The number of phenolic OH excluding ortho intramolecular Hbond substituents is 1. The smallest absolute Gasteiger partial charge is 0.241 e. The number of aromatic hydroxyl groups is 1. The number of methoxy groups -OCH3 is 2. The SMILES string of the molecule is COc1cc(C=C[C@H]2C3=CC[C@@H]4C(=O)N(C)C(=O)[C@@H]4[C@@H]3C[C@H]3C(=O)N(c4ccccc4)C(=O)[C@@]23C)cc(OC)c1O. The molecule has 2 aromatic carbocycles. The van der Waals surface area contributed by atoms with Crippen LogP contribution in [0, 0.1) is 35.0 Å². The quantitative estimate of drug-likeness (QED) is 0.440. The van der Waals surface area contributed by atoms with Crippen molar-refractivity contribution in [3.63, 3.8) is 0 Å². The van der Waals surface area contributed by atoms with Crippen LogP contribution >= 0.6 is 0 Å². The molecule has 3 fully saturated rings. The summed E-state index contributed by atoms with van der Waals surface area (Å²) >= 11 is 0. The molecule has 2 aliphatic carbocycles. The largest absolute Gasteiger partial charge is 0.502 e. The van der Waals surface area contributed by atoms with Gasteiger partial charge >= 0.3 is 0 Å². The van der Waals surface area contributed by atoms with Gasteiger partial charge in [0.1, 0.15) is 0 Å². The molecule has 6 rings (SSSR count). The Morgan fingerprint density at radius 3 is 2.24 bits per heavy atom. The number of carbonyl (C=O) groups excluding carboxylic acids is 4. The molecule has 4 aliphatic rings. The molecular weight excluding hydrogens is 524 g/mol. The second kappa shape index (κ2) is 9.61. The lowest BCUT2D eigenvalue weighted by atomic mass is 9.52. The molecule has 0 unspecified atom stereocenters. The summed E-state index contributed by atoms with van der Waals surface area (Å²) in [6.45, 7) is 1.84. The number of para-hydroxylation sites is 1. The Bertz CT molecular complexity index is 1500. The molecule has 0 aromatic heterocycles. The maximum Gasteiger partial charge on any atom is 0.241 e. The number of fused-ring (bicyclic) bond motifs is 4. The highest BCUT2D eigenvalue weighted by Gasteiger charge is 2.66. The molecule has 0 radical (unpaired) electrons. The molecule has 2 heterocycles. The van der Waals surface area contributed by atoms with E-state index in [2.05, 4.69) is 0 Å². The average molecular weight is 557 g/mol. The van der Waals surface area contributed by atoms with Gasteiger partial charge in [0.25, 0.3) is 0 Å².